The van der Waals surface area contributed by atoms with Gasteiger partial charge in [-0.2, -0.15) is 5.10 Å². The second-order valence-electron chi connectivity index (χ2n) is 4.09. The summed E-state index contributed by atoms with van der Waals surface area (Å²) in [4.78, 5) is 20.2. The summed E-state index contributed by atoms with van der Waals surface area (Å²) >= 11 is 0. The van der Waals surface area contributed by atoms with Gasteiger partial charge in [-0.15, -0.1) is 0 Å². The minimum absolute atomic E-state index is 0.272. The molecule has 0 saturated carbocycles. The number of aromatic nitrogens is 4. The molecule has 3 heterocycles. The zero-order chi connectivity index (χ0) is 13.2. The highest BCUT2D eigenvalue weighted by molar-refractivity contribution is 6.03. The maximum atomic E-state index is 12.1. The molecule has 94 valence electrons. The van der Waals surface area contributed by atoms with Gasteiger partial charge in [0.2, 0.25) is 0 Å². The van der Waals surface area contributed by atoms with Gasteiger partial charge in [-0.05, 0) is 30.7 Å². The molecule has 0 radical (unpaired) electrons. The summed E-state index contributed by atoms with van der Waals surface area (Å²) in [6, 6.07) is 5.23. The smallest absolute Gasteiger partial charge is 0.276 e. The molecular weight excluding hydrogens is 242 g/mol. The van der Waals surface area contributed by atoms with Crippen LogP contribution in [0.25, 0.3) is 5.65 Å². The Bertz CT molecular complexity index is 749. The first-order valence-corrected chi connectivity index (χ1v) is 5.76. The van der Waals surface area contributed by atoms with Crippen LogP contribution < -0.4 is 5.32 Å². The Balaban J connectivity index is 1.89. The summed E-state index contributed by atoms with van der Waals surface area (Å²) in [5.74, 6) is -0.272. The van der Waals surface area contributed by atoms with Gasteiger partial charge in [0, 0.05) is 18.6 Å². The molecule has 0 aliphatic rings. The Labute approximate surface area is 109 Å². The lowest BCUT2D eigenvalue weighted by Gasteiger charge is -2.06. The first-order chi connectivity index (χ1) is 9.24. The molecule has 6 heteroatoms. The first kappa shape index (κ1) is 11.3. The molecule has 0 aromatic carbocycles. The summed E-state index contributed by atoms with van der Waals surface area (Å²) in [7, 11) is 0. The lowest BCUT2D eigenvalue weighted by molar-refractivity contribution is 0.102. The summed E-state index contributed by atoms with van der Waals surface area (Å²) in [5.41, 5.74) is 2.66. The number of aryl methyl sites for hydroxylation is 1. The Kier molecular flexibility index (Phi) is 2.68. The number of imidazole rings is 1. The third-order valence-electron chi connectivity index (χ3n) is 2.78. The van der Waals surface area contributed by atoms with Crippen LogP contribution in [-0.4, -0.2) is 25.5 Å². The Hall–Kier alpha value is -2.76. The molecule has 0 aliphatic heterocycles. The minimum Gasteiger partial charge on any atom is -0.319 e. The van der Waals surface area contributed by atoms with Crippen LogP contribution in [0.1, 0.15) is 16.1 Å². The van der Waals surface area contributed by atoms with E-state index in [1.54, 1.807) is 41.4 Å². The third-order valence-corrected chi connectivity index (χ3v) is 2.78. The summed E-state index contributed by atoms with van der Waals surface area (Å²) in [6.07, 6.45) is 6.63. The average molecular weight is 253 g/mol. The van der Waals surface area contributed by atoms with Crippen LogP contribution >= 0.6 is 0 Å². The van der Waals surface area contributed by atoms with Gasteiger partial charge in [-0.1, -0.05) is 0 Å². The van der Waals surface area contributed by atoms with E-state index in [0.717, 1.165) is 5.56 Å². The van der Waals surface area contributed by atoms with E-state index in [9.17, 15) is 4.79 Å². The van der Waals surface area contributed by atoms with E-state index in [2.05, 4.69) is 20.4 Å². The molecule has 0 bridgehead atoms. The molecule has 3 aromatic rings. The molecule has 3 aromatic heterocycles. The van der Waals surface area contributed by atoms with Crippen molar-refractivity contribution in [3.05, 3.63) is 54.2 Å². The van der Waals surface area contributed by atoms with E-state index in [1.807, 2.05) is 13.0 Å². The fourth-order valence-corrected chi connectivity index (χ4v) is 1.72. The molecule has 19 heavy (non-hydrogen) atoms. The highest BCUT2D eigenvalue weighted by Gasteiger charge is 2.10. The van der Waals surface area contributed by atoms with Gasteiger partial charge in [-0.3, -0.25) is 9.78 Å². The Morgan fingerprint density at radius 2 is 2.16 bits per heavy atom. The van der Waals surface area contributed by atoms with Crippen molar-refractivity contribution >= 4 is 17.2 Å². The van der Waals surface area contributed by atoms with E-state index in [0.29, 0.717) is 17.0 Å². The van der Waals surface area contributed by atoms with Crippen molar-refractivity contribution in [2.75, 3.05) is 5.32 Å². The molecule has 0 unspecified atom stereocenters. The monoisotopic (exact) mass is 253 g/mol. The van der Waals surface area contributed by atoms with Gasteiger partial charge in [0.05, 0.1) is 11.9 Å². The van der Waals surface area contributed by atoms with Crippen LogP contribution in [0, 0.1) is 6.92 Å². The SMILES string of the molecule is Cc1ccncc1NC(=O)c1ccc2nccn2n1. The predicted molar refractivity (Wildman–Crippen MR) is 69.9 cm³/mol. The van der Waals surface area contributed by atoms with Crippen molar-refractivity contribution in [2.45, 2.75) is 6.92 Å². The van der Waals surface area contributed by atoms with Crippen LogP contribution in [0.15, 0.2) is 43.0 Å². The average Bonchev–Trinajstić information content (AvgIpc) is 2.88. The Morgan fingerprint density at radius 1 is 1.26 bits per heavy atom. The van der Waals surface area contributed by atoms with Crippen molar-refractivity contribution in [3.8, 4) is 0 Å². The Morgan fingerprint density at radius 3 is 3.00 bits per heavy atom. The molecule has 0 spiro atoms. The summed E-state index contributed by atoms with van der Waals surface area (Å²) < 4.78 is 1.56. The lowest BCUT2D eigenvalue weighted by atomic mass is 10.2. The topological polar surface area (TPSA) is 72.2 Å². The van der Waals surface area contributed by atoms with Crippen molar-refractivity contribution in [2.24, 2.45) is 0 Å². The molecular formula is C13H11N5O. The van der Waals surface area contributed by atoms with Gasteiger partial charge in [0.15, 0.2) is 5.65 Å². The first-order valence-electron chi connectivity index (χ1n) is 5.76. The normalized spacial score (nSPS) is 10.6. The van der Waals surface area contributed by atoms with E-state index in [4.69, 9.17) is 0 Å². The lowest BCUT2D eigenvalue weighted by Crippen LogP contribution is -2.15. The number of rotatable bonds is 2. The van der Waals surface area contributed by atoms with E-state index < -0.39 is 0 Å². The van der Waals surface area contributed by atoms with Gasteiger partial charge in [0.1, 0.15) is 5.69 Å². The maximum absolute atomic E-state index is 12.1. The number of hydrogen-bond donors (Lipinski definition) is 1. The zero-order valence-electron chi connectivity index (χ0n) is 10.2. The molecule has 1 N–H and O–H groups in total. The molecule has 3 rings (SSSR count). The number of anilines is 1. The molecule has 0 fully saturated rings. The van der Waals surface area contributed by atoms with Gasteiger partial charge in [-0.25, -0.2) is 9.50 Å². The standard InChI is InChI=1S/C13H11N5O/c1-9-4-5-14-8-11(9)16-13(19)10-2-3-12-15-6-7-18(12)17-10/h2-8H,1H3,(H,16,19). The number of carbonyl (C=O) groups is 1. The quantitative estimate of drug-likeness (QED) is 0.754. The van der Waals surface area contributed by atoms with Crippen LogP contribution in [0.2, 0.25) is 0 Å². The van der Waals surface area contributed by atoms with Gasteiger partial charge < -0.3 is 5.32 Å². The van der Waals surface area contributed by atoms with Crippen LogP contribution in [-0.2, 0) is 0 Å². The fourth-order valence-electron chi connectivity index (χ4n) is 1.72. The number of amides is 1. The van der Waals surface area contributed by atoms with Crippen molar-refractivity contribution in [3.63, 3.8) is 0 Å². The van der Waals surface area contributed by atoms with Gasteiger partial charge in [0.25, 0.3) is 5.91 Å². The predicted octanol–water partition coefficient (Wildman–Crippen LogP) is 1.69. The number of carbonyl (C=O) groups excluding carboxylic acids is 1. The second-order valence-corrected chi connectivity index (χ2v) is 4.09. The van der Waals surface area contributed by atoms with Crippen LogP contribution in [0.3, 0.4) is 0 Å². The maximum Gasteiger partial charge on any atom is 0.276 e. The van der Waals surface area contributed by atoms with Crippen LogP contribution in [0.5, 0.6) is 0 Å². The second kappa shape index (κ2) is 4.49. The minimum atomic E-state index is -0.272. The van der Waals surface area contributed by atoms with E-state index in [1.165, 1.54) is 0 Å². The largest absolute Gasteiger partial charge is 0.319 e. The molecule has 1 amide bonds. The van der Waals surface area contributed by atoms with Crippen molar-refractivity contribution in [1.29, 1.82) is 0 Å². The third kappa shape index (κ3) is 2.15. The van der Waals surface area contributed by atoms with Crippen molar-refractivity contribution < 1.29 is 4.79 Å². The number of fused-ring (bicyclic) bond motifs is 1. The number of pyridine rings is 1. The zero-order valence-corrected chi connectivity index (χ0v) is 10.2. The number of nitrogens with zero attached hydrogens (tertiary/aromatic N) is 4. The van der Waals surface area contributed by atoms with Crippen molar-refractivity contribution in [1.82, 2.24) is 19.6 Å². The highest BCUT2D eigenvalue weighted by atomic mass is 16.1. The summed E-state index contributed by atoms with van der Waals surface area (Å²) in [5, 5.41) is 6.97. The fraction of sp³-hybridized carbons (Fsp3) is 0.0769. The number of hydrogen-bond acceptors (Lipinski definition) is 4. The molecule has 0 saturated heterocycles. The summed E-state index contributed by atoms with van der Waals surface area (Å²) in [6.45, 7) is 1.91. The molecule has 6 nitrogen and oxygen atoms in total. The van der Waals surface area contributed by atoms with E-state index >= 15 is 0 Å². The van der Waals surface area contributed by atoms with Gasteiger partial charge >= 0.3 is 0 Å². The number of nitrogens with one attached hydrogen (secondary N) is 1. The van der Waals surface area contributed by atoms with E-state index in [-0.39, 0.29) is 5.91 Å². The van der Waals surface area contributed by atoms with Crippen LogP contribution in [0.4, 0.5) is 5.69 Å². The molecule has 0 aliphatic carbocycles. The molecule has 0 atom stereocenters. The highest BCUT2D eigenvalue weighted by Crippen LogP contribution is 2.12.